The van der Waals surface area contributed by atoms with Crippen LogP contribution in [-0.2, 0) is 117 Å². The normalized spacial score (nSPS) is 14.3. The molecule has 0 spiro atoms. The summed E-state index contributed by atoms with van der Waals surface area (Å²) in [5.74, 6) is -28.2. The zero-order valence-corrected chi connectivity index (χ0v) is 70.3. The first kappa shape index (κ1) is 108. The summed E-state index contributed by atoms with van der Waals surface area (Å²) in [6.07, 6.45) is -7.00. The molecule has 0 fully saturated rings. The summed E-state index contributed by atoms with van der Waals surface area (Å²) < 4.78 is 0. The van der Waals surface area contributed by atoms with Crippen LogP contribution in [0.5, 0.6) is 0 Å². The molecule has 48 nitrogen and oxygen atoms in total. The van der Waals surface area contributed by atoms with Crippen LogP contribution in [0.2, 0.25) is 0 Å². The van der Waals surface area contributed by atoms with Crippen molar-refractivity contribution in [2.45, 2.75) is 212 Å². The average molecular weight is 1770 g/mol. The van der Waals surface area contributed by atoms with E-state index in [1.807, 2.05) is 5.32 Å². The molecule has 123 heavy (non-hydrogen) atoms. The van der Waals surface area contributed by atoms with Gasteiger partial charge in [0.2, 0.25) is 118 Å². The molecular formula is C74H115ClN20O28. The highest BCUT2D eigenvalue weighted by Crippen LogP contribution is 2.14. The minimum Gasteiger partial charge on any atom is -0.481 e. The van der Waals surface area contributed by atoms with Crippen molar-refractivity contribution in [2.24, 2.45) is 35.1 Å². The number of aliphatic hydroxyl groups is 2. The van der Waals surface area contributed by atoms with Crippen LogP contribution in [-0.4, -0.2) is 292 Å². The van der Waals surface area contributed by atoms with Crippen LogP contribution in [0, 0.1) is 23.7 Å². The minimum atomic E-state index is -1.93. The number of alkyl halides is 1. The monoisotopic (exact) mass is 1770 g/mol. The third kappa shape index (κ3) is 43.3. The van der Waals surface area contributed by atoms with Crippen molar-refractivity contribution in [2.75, 3.05) is 51.8 Å². The van der Waals surface area contributed by atoms with Gasteiger partial charge in [0, 0.05) is 25.7 Å². The Morgan fingerprint density at radius 1 is 0.358 bits per heavy atom. The van der Waals surface area contributed by atoms with Gasteiger partial charge in [-0.3, -0.25) is 110 Å². The molecule has 1 aromatic carbocycles. The Hall–Kier alpha value is -12.8. The van der Waals surface area contributed by atoms with Gasteiger partial charge in [0.1, 0.15) is 78.4 Å². The van der Waals surface area contributed by atoms with Crippen LogP contribution >= 0.6 is 11.6 Å². The van der Waals surface area contributed by atoms with Crippen molar-refractivity contribution in [3.63, 3.8) is 0 Å². The minimum absolute atomic E-state index is 0.00710. The highest BCUT2D eigenvalue weighted by Gasteiger charge is 2.39. The Kier molecular flexibility index (Phi) is 49.2. The fourth-order valence-electron chi connectivity index (χ4n) is 11.0. The largest absolute Gasteiger partial charge is 0.481 e. The molecule has 0 bridgehead atoms. The van der Waals surface area contributed by atoms with E-state index in [-0.39, 0.29) is 18.8 Å². The summed E-state index contributed by atoms with van der Waals surface area (Å²) in [7, 11) is 0. The molecule has 0 heterocycles. The topological polar surface area (TPSA) is 762 Å². The SMILES string of the molecule is CC[C@H](C)[C@H](NC(=O)[C@H](CC(C)C)NC(=O)CNC(=O)[C@@H](NC(=O)[C@H](CO)NC(=O)[C@@H](NC(=O)[C@@H](NC(=O)CNC(=O)[C@H](C)NC(=O)[C@H](Cc1ccccc1)NC(=O)[C@H](CCC(=O)O)NC(=O)[C@H](CCC(=O)O)NC(=O)[C@H](CCC(N)=O)NC(=O)CNC(=O)[C@H](CC(=O)O)NC(=O)CCl)C(C)C)C(C)C)[C@@H](C)O)C(=O)NCC(=O)NCC(=O)NCC(N)=O. The Balaban J connectivity index is 3.28. The first-order valence-corrected chi connectivity index (χ1v) is 39.4. The molecule has 0 aromatic heterocycles. The van der Waals surface area contributed by atoms with E-state index >= 15 is 0 Å². The van der Waals surface area contributed by atoms with Gasteiger partial charge in [-0.15, -0.1) is 11.6 Å². The molecule has 1 aromatic rings. The summed E-state index contributed by atoms with van der Waals surface area (Å²) >= 11 is 5.45. The van der Waals surface area contributed by atoms with Crippen molar-refractivity contribution in [3.05, 3.63) is 35.9 Å². The summed E-state index contributed by atoms with van der Waals surface area (Å²) in [5.41, 5.74) is 10.7. The van der Waals surface area contributed by atoms with Crippen molar-refractivity contribution >= 4 is 148 Å². The van der Waals surface area contributed by atoms with Crippen LogP contribution in [0.1, 0.15) is 133 Å². The van der Waals surface area contributed by atoms with Crippen molar-refractivity contribution in [1.82, 2.24) is 95.7 Å². The van der Waals surface area contributed by atoms with Crippen molar-refractivity contribution in [3.8, 4) is 0 Å². The second-order valence-corrected chi connectivity index (χ2v) is 29.7. The zero-order valence-electron chi connectivity index (χ0n) is 69.6. The number of carboxylic acids is 3. The smallest absolute Gasteiger partial charge is 0.305 e. The Morgan fingerprint density at radius 2 is 0.740 bits per heavy atom. The number of halogens is 1. The number of carboxylic acid groups (broad SMARTS) is 3. The highest BCUT2D eigenvalue weighted by atomic mass is 35.5. The fraction of sp³-hybridized carbons (Fsp3) is 0.608. The average Bonchev–Trinajstić information content (AvgIpc) is 0.854. The maximum absolute atomic E-state index is 14.3. The quantitative estimate of drug-likeness (QED) is 0.0269. The van der Waals surface area contributed by atoms with Gasteiger partial charge in [0.25, 0.3) is 0 Å². The van der Waals surface area contributed by atoms with Crippen LogP contribution in [0.3, 0.4) is 0 Å². The molecule has 0 saturated heterocycles. The van der Waals surface area contributed by atoms with Crippen LogP contribution in [0.15, 0.2) is 30.3 Å². The molecule has 0 unspecified atom stereocenters. The first-order chi connectivity index (χ1) is 57.5. The highest BCUT2D eigenvalue weighted by molar-refractivity contribution is 6.27. The maximum Gasteiger partial charge on any atom is 0.305 e. The number of hydrogen-bond acceptors (Lipinski definition) is 25. The number of nitrogens with one attached hydrogen (secondary N) is 18. The Morgan fingerprint density at radius 3 is 1.20 bits per heavy atom. The number of carbonyl (C=O) groups is 23. The van der Waals surface area contributed by atoms with E-state index in [9.17, 15) is 136 Å². The van der Waals surface area contributed by atoms with E-state index in [2.05, 4.69) is 90.4 Å². The van der Waals surface area contributed by atoms with Gasteiger partial charge < -0.3 is 133 Å². The summed E-state index contributed by atoms with van der Waals surface area (Å²) in [6.45, 7) is 9.52. The standard InChI is InChI=1S/C74H115ClN20O28/c1-11-37(8)61(71(120)82-29-52(102)79-28-51(101)78-27-49(77)99)94-69(118)44(23-34(2)3)87-54(104)31-83-72(121)62(39(10)97)95-70(119)47(33-96)91-73(122)60(36(6)7)93-74(123)59(35(4)5)92-55(105)32-80-63(112)38(9)84-68(117)45(24-40-15-13-12-14-16-40)90-67(116)43(19-22-57(108)109)89-66(115)42(18-21-56(106)107)88-65(114)41(17-20-48(76)98)85-53(103)30-81-64(113)46(25-58(110)111)86-50(100)26-75/h12-16,34-39,41-47,59-62,96-97H,11,17-33H2,1-10H3,(H2,76,98)(H2,77,99)(H,78,101)(H,79,102)(H,80,112)(H,81,113)(H,82,120)(H,83,121)(H,84,117)(H,85,103)(H,86,100)(H,87,104)(H,88,114)(H,89,115)(H,90,116)(H,91,122)(H,92,105)(H,93,123)(H,94,118)(H,95,119)(H,106,107)(H,108,109)(H,110,111)/t37-,38-,39+,41-,42-,43-,44-,45-,46-,47-,59-,60-,61-,62-/m0/s1. The number of carbonyl (C=O) groups excluding carboxylic acids is 20. The van der Waals surface area contributed by atoms with Crippen LogP contribution in [0.25, 0.3) is 0 Å². The van der Waals surface area contributed by atoms with Crippen molar-refractivity contribution in [1.29, 1.82) is 0 Å². The summed E-state index contributed by atoms with van der Waals surface area (Å²) in [4.78, 5) is 299. The first-order valence-electron chi connectivity index (χ1n) is 38.9. The van der Waals surface area contributed by atoms with Gasteiger partial charge >= 0.3 is 17.9 Å². The van der Waals surface area contributed by atoms with E-state index in [0.717, 1.165) is 6.92 Å². The number of rotatable bonds is 58. The number of hydrogen-bond donors (Lipinski definition) is 25. The van der Waals surface area contributed by atoms with E-state index in [0.29, 0.717) is 12.0 Å². The molecule has 49 heteroatoms. The third-order valence-electron chi connectivity index (χ3n) is 17.9. The fourth-order valence-corrected chi connectivity index (χ4v) is 11.0. The van der Waals surface area contributed by atoms with E-state index in [4.69, 9.17) is 23.1 Å². The van der Waals surface area contributed by atoms with E-state index < -0.39 is 329 Å². The predicted molar refractivity (Wildman–Crippen MR) is 429 cm³/mol. The predicted octanol–water partition coefficient (Wildman–Crippen LogP) is -10.3. The number of nitrogens with two attached hydrogens (primary N) is 2. The molecule has 686 valence electrons. The molecule has 0 saturated carbocycles. The van der Waals surface area contributed by atoms with Gasteiger partial charge in [0.15, 0.2) is 0 Å². The molecule has 14 atom stereocenters. The second-order valence-electron chi connectivity index (χ2n) is 29.4. The van der Waals surface area contributed by atoms with E-state index in [1.54, 1.807) is 45.9 Å². The molecule has 0 aliphatic carbocycles. The lowest BCUT2D eigenvalue weighted by atomic mass is 9.96. The van der Waals surface area contributed by atoms with Gasteiger partial charge in [-0.1, -0.05) is 92.1 Å². The Labute approximate surface area is 711 Å². The molecule has 0 radical (unpaired) electrons. The van der Waals surface area contributed by atoms with Gasteiger partial charge in [0.05, 0.1) is 58.4 Å². The van der Waals surface area contributed by atoms with Gasteiger partial charge in [-0.05, 0) is 68.8 Å². The van der Waals surface area contributed by atoms with Gasteiger partial charge in [-0.25, -0.2) is 0 Å². The lowest BCUT2D eigenvalue weighted by molar-refractivity contribution is -0.141. The second kappa shape index (κ2) is 56.0. The number of benzene rings is 1. The lowest BCUT2D eigenvalue weighted by Gasteiger charge is -2.29. The number of aliphatic hydroxyl groups excluding tert-OH is 2. The van der Waals surface area contributed by atoms with Crippen LogP contribution in [0.4, 0.5) is 0 Å². The molecule has 20 amide bonds. The van der Waals surface area contributed by atoms with Gasteiger partial charge in [-0.2, -0.15) is 0 Å². The summed E-state index contributed by atoms with van der Waals surface area (Å²) in [6, 6.07) is -12.0. The zero-order chi connectivity index (χ0) is 93.7. The number of amides is 20. The molecule has 1 rings (SSSR count). The maximum atomic E-state index is 14.3. The molecular weight excluding hydrogens is 1650 g/mol. The van der Waals surface area contributed by atoms with Crippen molar-refractivity contribution < 1.29 is 136 Å². The number of primary amides is 2. The Bertz CT molecular complexity index is 3910. The molecule has 0 aliphatic rings. The third-order valence-corrected chi connectivity index (χ3v) is 18.1. The van der Waals surface area contributed by atoms with E-state index in [1.165, 1.54) is 46.8 Å². The number of aliphatic carboxylic acids is 3. The molecule has 27 N–H and O–H groups in total. The molecule has 0 aliphatic heterocycles. The lowest BCUT2D eigenvalue weighted by Crippen LogP contribution is -2.62. The summed E-state index contributed by atoms with van der Waals surface area (Å²) in [5, 5.41) is 90.7. The van der Waals surface area contributed by atoms with Crippen LogP contribution < -0.4 is 107 Å².